The van der Waals surface area contributed by atoms with Gasteiger partial charge in [-0.1, -0.05) is 35.9 Å². The molecule has 2 aromatic carbocycles. The molecule has 0 aromatic heterocycles. The van der Waals surface area contributed by atoms with Crippen LogP contribution in [0.3, 0.4) is 0 Å². The number of carboxylic acid groups (broad SMARTS) is 1. The number of carbonyl (C=O) groups is 1. The number of benzene rings is 2. The molecule has 0 aliphatic rings. The largest absolute Gasteiger partial charge is 0.479 e. The Morgan fingerprint density at radius 3 is 2.40 bits per heavy atom. The number of aryl methyl sites for hydroxylation is 1. The van der Waals surface area contributed by atoms with Crippen LogP contribution in [0.1, 0.15) is 18.1 Å². The third kappa shape index (κ3) is 2.94. The van der Waals surface area contributed by atoms with Gasteiger partial charge in [-0.3, -0.25) is 0 Å². The minimum absolute atomic E-state index is 0.581. The number of carboxylic acids is 1. The highest BCUT2D eigenvalue weighted by Gasteiger charge is 2.35. The lowest BCUT2D eigenvalue weighted by Gasteiger charge is -2.28. The standard InChI is InChI=1S/C16H16ClNO2/c1-11-4-3-5-14(10-11)18-16(2,15(19)20)12-6-8-13(17)9-7-12/h3-10,18H,1-2H3,(H,19,20). The lowest BCUT2D eigenvalue weighted by atomic mass is 9.91. The maximum absolute atomic E-state index is 11.7. The van der Waals surface area contributed by atoms with Crippen molar-refractivity contribution in [3.63, 3.8) is 0 Å². The van der Waals surface area contributed by atoms with Gasteiger partial charge in [-0.05, 0) is 49.2 Å². The SMILES string of the molecule is Cc1cccc(NC(C)(C(=O)O)c2ccc(Cl)cc2)c1. The Morgan fingerprint density at radius 1 is 1.20 bits per heavy atom. The van der Waals surface area contributed by atoms with Crippen LogP contribution in [0.25, 0.3) is 0 Å². The van der Waals surface area contributed by atoms with Gasteiger partial charge in [-0.25, -0.2) is 4.79 Å². The highest BCUT2D eigenvalue weighted by Crippen LogP contribution is 2.28. The first-order valence-corrected chi connectivity index (χ1v) is 6.64. The number of hydrogen-bond donors (Lipinski definition) is 2. The van der Waals surface area contributed by atoms with Crippen LogP contribution in [0.2, 0.25) is 5.02 Å². The van der Waals surface area contributed by atoms with Crippen molar-refractivity contribution in [2.75, 3.05) is 5.32 Å². The zero-order valence-corrected chi connectivity index (χ0v) is 12.1. The highest BCUT2D eigenvalue weighted by molar-refractivity contribution is 6.30. The minimum Gasteiger partial charge on any atom is -0.479 e. The van der Waals surface area contributed by atoms with E-state index in [-0.39, 0.29) is 0 Å². The van der Waals surface area contributed by atoms with Crippen molar-refractivity contribution >= 4 is 23.3 Å². The molecule has 0 aliphatic heterocycles. The normalized spacial score (nSPS) is 13.6. The van der Waals surface area contributed by atoms with Gasteiger partial charge in [0.25, 0.3) is 0 Å². The van der Waals surface area contributed by atoms with Crippen LogP contribution >= 0.6 is 11.6 Å². The van der Waals surface area contributed by atoms with E-state index >= 15 is 0 Å². The van der Waals surface area contributed by atoms with Gasteiger partial charge in [0.05, 0.1) is 0 Å². The lowest BCUT2D eigenvalue weighted by molar-refractivity contribution is -0.142. The van der Waals surface area contributed by atoms with Gasteiger partial charge in [-0.2, -0.15) is 0 Å². The number of nitrogens with one attached hydrogen (secondary N) is 1. The summed E-state index contributed by atoms with van der Waals surface area (Å²) in [6, 6.07) is 14.4. The van der Waals surface area contributed by atoms with Gasteiger partial charge in [0, 0.05) is 10.7 Å². The van der Waals surface area contributed by atoms with E-state index in [1.807, 2.05) is 31.2 Å². The predicted octanol–water partition coefficient (Wildman–Crippen LogP) is 4.06. The first-order valence-electron chi connectivity index (χ1n) is 6.26. The summed E-state index contributed by atoms with van der Waals surface area (Å²) in [6.07, 6.45) is 0. The molecular formula is C16H16ClNO2. The molecule has 0 bridgehead atoms. The van der Waals surface area contributed by atoms with Gasteiger partial charge >= 0.3 is 5.97 Å². The summed E-state index contributed by atoms with van der Waals surface area (Å²) in [5, 5.41) is 13.3. The average molecular weight is 290 g/mol. The summed E-state index contributed by atoms with van der Waals surface area (Å²) in [4.78, 5) is 11.7. The number of halogens is 1. The molecule has 2 aromatic rings. The summed E-state index contributed by atoms with van der Waals surface area (Å²) >= 11 is 5.85. The van der Waals surface area contributed by atoms with Crippen LogP contribution in [0.15, 0.2) is 48.5 Å². The Balaban J connectivity index is 2.39. The second-order valence-corrected chi connectivity index (χ2v) is 5.37. The molecule has 1 unspecified atom stereocenters. The van der Waals surface area contributed by atoms with E-state index in [0.717, 1.165) is 11.3 Å². The van der Waals surface area contributed by atoms with Crippen molar-refractivity contribution in [3.05, 3.63) is 64.7 Å². The van der Waals surface area contributed by atoms with E-state index in [4.69, 9.17) is 11.6 Å². The van der Waals surface area contributed by atoms with Crippen molar-refractivity contribution in [2.24, 2.45) is 0 Å². The molecule has 2 rings (SSSR count). The summed E-state index contributed by atoms with van der Waals surface area (Å²) in [7, 11) is 0. The molecule has 2 N–H and O–H groups in total. The first kappa shape index (κ1) is 14.4. The Hall–Kier alpha value is -2.00. The summed E-state index contributed by atoms with van der Waals surface area (Å²) in [6.45, 7) is 3.60. The lowest BCUT2D eigenvalue weighted by Crippen LogP contribution is -2.40. The molecule has 1 atom stereocenters. The number of hydrogen-bond acceptors (Lipinski definition) is 2. The minimum atomic E-state index is -1.21. The van der Waals surface area contributed by atoms with Gasteiger partial charge < -0.3 is 10.4 Å². The fourth-order valence-corrected chi connectivity index (χ4v) is 2.17. The first-order chi connectivity index (χ1) is 9.41. The van der Waals surface area contributed by atoms with Crippen LogP contribution < -0.4 is 5.32 Å². The topological polar surface area (TPSA) is 49.3 Å². The van der Waals surface area contributed by atoms with E-state index < -0.39 is 11.5 Å². The molecule has 4 heteroatoms. The highest BCUT2D eigenvalue weighted by atomic mass is 35.5. The number of aliphatic carboxylic acids is 1. The van der Waals surface area contributed by atoms with E-state index in [9.17, 15) is 9.90 Å². The van der Waals surface area contributed by atoms with Crippen LogP contribution in [0, 0.1) is 6.92 Å². The molecule has 0 radical (unpaired) electrons. The maximum atomic E-state index is 11.7. The molecule has 0 aliphatic carbocycles. The number of rotatable bonds is 4. The molecule has 20 heavy (non-hydrogen) atoms. The third-order valence-electron chi connectivity index (χ3n) is 3.26. The Labute approximate surface area is 123 Å². The summed E-state index contributed by atoms with van der Waals surface area (Å²) in [5.74, 6) is -0.943. The van der Waals surface area contributed by atoms with Crippen molar-refractivity contribution in [1.82, 2.24) is 0 Å². The Bertz CT molecular complexity index is 625. The van der Waals surface area contributed by atoms with Gasteiger partial charge in [0.2, 0.25) is 0 Å². The molecular weight excluding hydrogens is 274 g/mol. The summed E-state index contributed by atoms with van der Waals surface area (Å²) < 4.78 is 0. The molecule has 0 saturated heterocycles. The number of anilines is 1. The van der Waals surface area contributed by atoms with Crippen LogP contribution in [-0.2, 0) is 10.3 Å². The second-order valence-electron chi connectivity index (χ2n) is 4.93. The van der Waals surface area contributed by atoms with Gasteiger partial charge in [0.1, 0.15) is 0 Å². The van der Waals surface area contributed by atoms with Crippen LogP contribution in [0.5, 0.6) is 0 Å². The van der Waals surface area contributed by atoms with E-state index in [2.05, 4.69) is 5.32 Å². The van der Waals surface area contributed by atoms with E-state index in [0.29, 0.717) is 10.6 Å². The third-order valence-corrected chi connectivity index (χ3v) is 3.51. The molecule has 3 nitrogen and oxygen atoms in total. The van der Waals surface area contributed by atoms with Crippen molar-refractivity contribution in [2.45, 2.75) is 19.4 Å². The fourth-order valence-electron chi connectivity index (χ4n) is 2.04. The zero-order valence-electron chi connectivity index (χ0n) is 11.4. The Morgan fingerprint density at radius 2 is 1.85 bits per heavy atom. The average Bonchev–Trinajstić information content (AvgIpc) is 2.39. The zero-order chi connectivity index (χ0) is 14.8. The molecule has 0 amide bonds. The Kier molecular flexibility index (Phi) is 4.00. The maximum Gasteiger partial charge on any atom is 0.333 e. The molecule has 0 spiro atoms. The quantitative estimate of drug-likeness (QED) is 0.892. The molecule has 104 valence electrons. The summed E-state index contributed by atoms with van der Waals surface area (Å²) in [5.41, 5.74) is 1.28. The monoisotopic (exact) mass is 289 g/mol. The fraction of sp³-hybridized carbons (Fsp3) is 0.188. The van der Waals surface area contributed by atoms with Gasteiger partial charge in [0.15, 0.2) is 5.54 Å². The van der Waals surface area contributed by atoms with Crippen molar-refractivity contribution in [3.8, 4) is 0 Å². The smallest absolute Gasteiger partial charge is 0.333 e. The predicted molar refractivity (Wildman–Crippen MR) is 81.2 cm³/mol. The molecule has 0 fully saturated rings. The van der Waals surface area contributed by atoms with Gasteiger partial charge in [-0.15, -0.1) is 0 Å². The van der Waals surface area contributed by atoms with Crippen molar-refractivity contribution in [1.29, 1.82) is 0 Å². The van der Waals surface area contributed by atoms with E-state index in [1.165, 1.54) is 0 Å². The second kappa shape index (κ2) is 5.55. The van der Waals surface area contributed by atoms with Crippen LogP contribution in [0.4, 0.5) is 5.69 Å². The van der Waals surface area contributed by atoms with Crippen molar-refractivity contribution < 1.29 is 9.90 Å². The molecule has 0 saturated carbocycles. The van der Waals surface area contributed by atoms with E-state index in [1.54, 1.807) is 31.2 Å². The van der Waals surface area contributed by atoms with Crippen LogP contribution in [-0.4, -0.2) is 11.1 Å². The molecule has 0 heterocycles.